The van der Waals surface area contributed by atoms with Crippen LogP contribution in [0.25, 0.3) is 11.0 Å². The van der Waals surface area contributed by atoms with Crippen LogP contribution < -0.4 is 14.4 Å². The quantitative estimate of drug-likeness (QED) is 0.426. The maximum Gasteiger partial charge on any atom is 0.231 e. The van der Waals surface area contributed by atoms with Crippen molar-refractivity contribution in [2.45, 2.75) is 13.0 Å². The fourth-order valence-corrected chi connectivity index (χ4v) is 3.43. The molecule has 1 amide bonds. The van der Waals surface area contributed by atoms with Gasteiger partial charge in [-0.25, -0.2) is 0 Å². The van der Waals surface area contributed by atoms with Crippen molar-refractivity contribution in [2.24, 2.45) is 0 Å². The number of fused-ring (bicyclic) bond motifs is 1. The number of rotatable bonds is 7. The Kier molecular flexibility index (Phi) is 5.70. The summed E-state index contributed by atoms with van der Waals surface area (Å²) in [6, 6.07) is 23.1. The Balaban J connectivity index is 1.65. The monoisotopic (exact) mass is 401 g/mol. The lowest BCUT2D eigenvalue weighted by Gasteiger charge is -2.23. The molecule has 0 aliphatic heterocycles. The molecule has 30 heavy (non-hydrogen) atoms. The summed E-state index contributed by atoms with van der Waals surface area (Å²) in [4.78, 5) is 15.2. The molecule has 1 heterocycles. The smallest absolute Gasteiger partial charge is 0.231 e. The van der Waals surface area contributed by atoms with Gasteiger partial charge in [0, 0.05) is 16.6 Å². The van der Waals surface area contributed by atoms with E-state index in [-0.39, 0.29) is 12.3 Å². The minimum Gasteiger partial charge on any atom is -0.497 e. The number of methoxy groups -OCH3 is 2. The number of nitrogens with zero attached hydrogens (tertiary/aromatic N) is 1. The summed E-state index contributed by atoms with van der Waals surface area (Å²) in [5.41, 5.74) is 3.44. The largest absolute Gasteiger partial charge is 0.497 e. The zero-order valence-electron chi connectivity index (χ0n) is 17.0. The minimum atomic E-state index is -0.0189. The molecular weight excluding hydrogens is 378 g/mol. The molecule has 0 spiro atoms. The van der Waals surface area contributed by atoms with Crippen LogP contribution in [-0.4, -0.2) is 20.1 Å². The molecule has 0 fully saturated rings. The predicted molar refractivity (Wildman–Crippen MR) is 117 cm³/mol. The van der Waals surface area contributed by atoms with Crippen molar-refractivity contribution >= 4 is 22.6 Å². The zero-order valence-corrected chi connectivity index (χ0v) is 17.0. The Morgan fingerprint density at radius 2 is 1.60 bits per heavy atom. The van der Waals surface area contributed by atoms with Gasteiger partial charge in [0.25, 0.3) is 0 Å². The second-order valence-electron chi connectivity index (χ2n) is 6.96. The third-order valence-electron chi connectivity index (χ3n) is 5.07. The lowest BCUT2D eigenvalue weighted by molar-refractivity contribution is -0.118. The van der Waals surface area contributed by atoms with Gasteiger partial charge in [-0.15, -0.1) is 0 Å². The van der Waals surface area contributed by atoms with E-state index in [4.69, 9.17) is 13.9 Å². The first-order chi connectivity index (χ1) is 14.7. The SMILES string of the molecule is COc1ccc(N(Cc2ccccc2)C(=O)Cc2coc3ccc(OC)cc23)cc1. The van der Waals surface area contributed by atoms with Gasteiger partial charge in [-0.3, -0.25) is 4.79 Å². The molecule has 3 aromatic carbocycles. The summed E-state index contributed by atoms with van der Waals surface area (Å²) >= 11 is 0. The average molecular weight is 401 g/mol. The summed E-state index contributed by atoms with van der Waals surface area (Å²) in [6.07, 6.45) is 1.87. The van der Waals surface area contributed by atoms with Gasteiger partial charge in [0.1, 0.15) is 17.1 Å². The number of benzene rings is 3. The van der Waals surface area contributed by atoms with E-state index in [0.29, 0.717) is 6.54 Å². The highest BCUT2D eigenvalue weighted by Crippen LogP contribution is 2.28. The number of ether oxygens (including phenoxy) is 2. The van der Waals surface area contributed by atoms with Gasteiger partial charge >= 0.3 is 0 Å². The van der Waals surface area contributed by atoms with E-state index in [0.717, 1.165) is 39.3 Å². The second kappa shape index (κ2) is 8.74. The van der Waals surface area contributed by atoms with Gasteiger partial charge in [-0.05, 0) is 48.0 Å². The fraction of sp³-hybridized carbons (Fsp3) is 0.160. The van der Waals surface area contributed by atoms with Crippen LogP contribution in [0.3, 0.4) is 0 Å². The van der Waals surface area contributed by atoms with Crippen LogP contribution in [0.2, 0.25) is 0 Å². The highest BCUT2D eigenvalue weighted by Gasteiger charge is 2.19. The van der Waals surface area contributed by atoms with Crippen molar-refractivity contribution < 1.29 is 18.7 Å². The molecule has 0 N–H and O–H groups in total. The summed E-state index contributed by atoms with van der Waals surface area (Å²) in [5, 5.41) is 0.886. The van der Waals surface area contributed by atoms with E-state index >= 15 is 0 Å². The summed E-state index contributed by atoms with van der Waals surface area (Å²) < 4.78 is 16.2. The minimum absolute atomic E-state index is 0.0189. The maximum absolute atomic E-state index is 13.4. The maximum atomic E-state index is 13.4. The first-order valence-corrected chi connectivity index (χ1v) is 9.70. The number of hydrogen-bond acceptors (Lipinski definition) is 4. The van der Waals surface area contributed by atoms with Gasteiger partial charge in [-0.2, -0.15) is 0 Å². The number of carbonyl (C=O) groups is 1. The number of hydrogen-bond donors (Lipinski definition) is 0. The number of carbonyl (C=O) groups excluding carboxylic acids is 1. The first kappa shape index (κ1) is 19.6. The van der Waals surface area contributed by atoms with Crippen LogP contribution in [-0.2, 0) is 17.8 Å². The van der Waals surface area contributed by atoms with Gasteiger partial charge in [0.2, 0.25) is 5.91 Å². The lowest BCUT2D eigenvalue weighted by Crippen LogP contribution is -2.31. The first-order valence-electron chi connectivity index (χ1n) is 9.70. The van der Waals surface area contributed by atoms with Gasteiger partial charge in [-0.1, -0.05) is 30.3 Å². The zero-order chi connectivity index (χ0) is 20.9. The van der Waals surface area contributed by atoms with Crippen molar-refractivity contribution in [1.29, 1.82) is 0 Å². The van der Waals surface area contributed by atoms with Crippen LogP contribution in [0, 0.1) is 0 Å². The van der Waals surface area contributed by atoms with E-state index in [1.807, 2.05) is 72.8 Å². The Morgan fingerprint density at radius 3 is 2.30 bits per heavy atom. The van der Waals surface area contributed by atoms with Crippen molar-refractivity contribution in [3.05, 3.63) is 90.2 Å². The average Bonchev–Trinajstić information content (AvgIpc) is 3.20. The number of furan rings is 1. The van der Waals surface area contributed by atoms with Crippen LogP contribution in [0.5, 0.6) is 11.5 Å². The van der Waals surface area contributed by atoms with Crippen molar-refractivity contribution in [3.8, 4) is 11.5 Å². The normalized spacial score (nSPS) is 10.7. The Bertz CT molecular complexity index is 1130. The van der Waals surface area contributed by atoms with E-state index < -0.39 is 0 Å². The van der Waals surface area contributed by atoms with Gasteiger partial charge in [0.05, 0.1) is 33.4 Å². The lowest BCUT2D eigenvalue weighted by atomic mass is 10.1. The van der Waals surface area contributed by atoms with E-state index in [1.165, 1.54) is 0 Å². The van der Waals surface area contributed by atoms with Gasteiger partial charge < -0.3 is 18.8 Å². The standard InChI is InChI=1S/C25H23NO4/c1-28-21-10-8-20(9-11-21)26(16-18-6-4-3-5-7-18)25(27)14-19-17-30-24-13-12-22(29-2)15-23(19)24/h3-13,15,17H,14,16H2,1-2H3. The summed E-state index contributed by atoms with van der Waals surface area (Å²) in [6.45, 7) is 0.477. The topological polar surface area (TPSA) is 51.9 Å². The van der Waals surface area contributed by atoms with Crippen LogP contribution >= 0.6 is 0 Å². The molecule has 152 valence electrons. The Labute approximate surface area is 175 Å². The summed E-state index contributed by atoms with van der Waals surface area (Å²) in [5.74, 6) is 1.46. The fourth-order valence-electron chi connectivity index (χ4n) is 3.43. The van der Waals surface area contributed by atoms with Crippen LogP contribution in [0.4, 0.5) is 5.69 Å². The molecule has 0 aliphatic carbocycles. The van der Waals surface area contributed by atoms with Crippen molar-refractivity contribution in [3.63, 3.8) is 0 Å². The molecule has 4 aromatic rings. The molecule has 5 heteroatoms. The molecule has 5 nitrogen and oxygen atoms in total. The molecule has 0 atom stereocenters. The molecule has 0 radical (unpaired) electrons. The van der Waals surface area contributed by atoms with Crippen LogP contribution in [0.15, 0.2) is 83.5 Å². The molecule has 1 aromatic heterocycles. The molecule has 4 rings (SSSR count). The second-order valence-corrected chi connectivity index (χ2v) is 6.96. The predicted octanol–water partition coefficient (Wildman–Crippen LogP) is 5.23. The Hall–Kier alpha value is -3.73. The highest BCUT2D eigenvalue weighted by molar-refractivity contribution is 5.97. The third-order valence-corrected chi connectivity index (χ3v) is 5.07. The molecule has 0 saturated carbocycles. The molecule has 0 saturated heterocycles. The molecule has 0 aliphatic rings. The van der Waals surface area contributed by atoms with E-state index in [2.05, 4.69) is 0 Å². The number of amides is 1. The van der Waals surface area contributed by atoms with Crippen LogP contribution in [0.1, 0.15) is 11.1 Å². The Morgan fingerprint density at radius 1 is 0.900 bits per heavy atom. The van der Waals surface area contributed by atoms with E-state index in [9.17, 15) is 4.79 Å². The molecule has 0 unspecified atom stereocenters. The van der Waals surface area contributed by atoms with Crippen molar-refractivity contribution in [1.82, 2.24) is 0 Å². The van der Waals surface area contributed by atoms with Gasteiger partial charge in [0.15, 0.2) is 0 Å². The van der Waals surface area contributed by atoms with E-state index in [1.54, 1.807) is 25.4 Å². The third kappa shape index (κ3) is 4.15. The molecule has 0 bridgehead atoms. The number of anilines is 1. The van der Waals surface area contributed by atoms with Crippen molar-refractivity contribution in [2.75, 3.05) is 19.1 Å². The highest BCUT2D eigenvalue weighted by atomic mass is 16.5. The molecular formula is C25H23NO4. The summed E-state index contributed by atoms with van der Waals surface area (Å²) in [7, 11) is 3.25.